The minimum absolute atomic E-state index is 0.123. The molecule has 0 amide bonds. The lowest BCUT2D eigenvalue weighted by molar-refractivity contribution is 0.0988. The zero-order chi connectivity index (χ0) is 13.0. The summed E-state index contributed by atoms with van der Waals surface area (Å²) >= 11 is 0. The van der Waals surface area contributed by atoms with Crippen molar-refractivity contribution < 1.29 is 14.2 Å². The molecule has 5 nitrogen and oxygen atoms in total. The van der Waals surface area contributed by atoms with Gasteiger partial charge in [-0.1, -0.05) is 17.2 Å². The Balaban J connectivity index is 1.98. The first-order chi connectivity index (χ1) is 8.70. The molecule has 0 aliphatic heterocycles. The van der Waals surface area contributed by atoms with E-state index in [9.17, 15) is 4.79 Å². The van der Waals surface area contributed by atoms with Gasteiger partial charge in [0.25, 0.3) is 0 Å². The summed E-state index contributed by atoms with van der Waals surface area (Å²) in [6.07, 6.45) is 0.504. The molecule has 0 aliphatic carbocycles. The highest BCUT2D eigenvalue weighted by Crippen LogP contribution is 2.15. The van der Waals surface area contributed by atoms with Crippen molar-refractivity contribution in [3.63, 3.8) is 0 Å². The second-order valence-electron chi connectivity index (χ2n) is 3.89. The molecule has 18 heavy (non-hydrogen) atoms. The van der Waals surface area contributed by atoms with Gasteiger partial charge in [-0.3, -0.25) is 4.79 Å². The van der Waals surface area contributed by atoms with Crippen LogP contribution in [0.3, 0.4) is 0 Å². The highest BCUT2D eigenvalue weighted by molar-refractivity contribution is 5.95. The van der Waals surface area contributed by atoms with E-state index >= 15 is 0 Å². The molecule has 2 rings (SSSR count). The van der Waals surface area contributed by atoms with Gasteiger partial charge in [-0.2, -0.15) is 0 Å². The molecule has 1 heterocycles. The van der Waals surface area contributed by atoms with Gasteiger partial charge in [0.15, 0.2) is 5.78 Å². The molecule has 1 aromatic heterocycles. The smallest absolute Gasteiger partial charge is 0.162 e. The average Bonchev–Trinajstić information content (AvgIpc) is 2.81. The molecule has 0 aliphatic rings. The van der Waals surface area contributed by atoms with Crippen molar-refractivity contribution >= 4 is 5.78 Å². The zero-order valence-corrected chi connectivity index (χ0v) is 10.3. The van der Waals surface area contributed by atoms with Crippen LogP contribution >= 0.6 is 0 Å². The molecular weight excluding hydrogens is 232 g/mol. The number of nitrogens with zero attached hydrogens (tertiary/aromatic N) is 2. The van der Waals surface area contributed by atoms with Crippen molar-refractivity contribution in [2.45, 2.75) is 26.9 Å². The number of ketones is 1. The van der Waals surface area contributed by atoms with Crippen LogP contribution in [0.4, 0.5) is 0 Å². The monoisotopic (exact) mass is 246 g/mol. The fourth-order valence-corrected chi connectivity index (χ4v) is 1.47. The van der Waals surface area contributed by atoms with E-state index in [4.69, 9.17) is 4.74 Å². The molecule has 0 radical (unpaired) electrons. The summed E-state index contributed by atoms with van der Waals surface area (Å²) in [5, 5.41) is 7.39. The maximum Gasteiger partial charge on any atom is 0.162 e. The van der Waals surface area contributed by atoms with Gasteiger partial charge < -0.3 is 4.74 Å². The molecule has 5 heteroatoms. The number of rotatable bonds is 5. The van der Waals surface area contributed by atoms with E-state index < -0.39 is 0 Å². The highest BCUT2D eigenvalue weighted by Gasteiger charge is 2.06. The summed E-state index contributed by atoms with van der Waals surface area (Å²) in [4.78, 5) is 11.4. The van der Waals surface area contributed by atoms with Crippen LogP contribution in [0, 0.1) is 6.92 Å². The van der Waals surface area contributed by atoms with Crippen LogP contribution in [-0.4, -0.2) is 16.1 Å². The van der Waals surface area contributed by atoms with Crippen LogP contribution in [-0.2, 0) is 6.61 Å². The van der Waals surface area contributed by atoms with E-state index in [0.29, 0.717) is 35.7 Å². The summed E-state index contributed by atoms with van der Waals surface area (Å²) in [6, 6.07) is 7.06. The van der Waals surface area contributed by atoms with E-state index in [0.717, 1.165) is 0 Å². The predicted octanol–water partition coefficient (Wildman–Crippen LogP) is 2.55. The molecule has 1 aromatic carbocycles. The quantitative estimate of drug-likeness (QED) is 0.758. The number of benzene rings is 1. The molecule has 0 saturated carbocycles. The lowest BCUT2D eigenvalue weighted by Crippen LogP contribution is -1.99. The molecule has 0 N–H and O–H groups in total. The Kier molecular flexibility index (Phi) is 3.72. The third-order valence-electron chi connectivity index (χ3n) is 2.62. The van der Waals surface area contributed by atoms with Crippen molar-refractivity contribution in [3.05, 3.63) is 41.2 Å². The van der Waals surface area contributed by atoms with Crippen molar-refractivity contribution in [2.75, 3.05) is 0 Å². The van der Waals surface area contributed by atoms with Crippen LogP contribution in [0.25, 0.3) is 0 Å². The van der Waals surface area contributed by atoms with Crippen LogP contribution in [0.15, 0.2) is 28.9 Å². The van der Waals surface area contributed by atoms with Gasteiger partial charge in [0.2, 0.25) is 0 Å². The van der Waals surface area contributed by atoms with E-state index in [-0.39, 0.29) is 5.78 Å². The van der Waals surface area contributed by atoms with E-state index in [1.54, 1.807) is 31.2 Å². The number of hydrogen-bond acceptors (Lipinski definition) is 5. The van der Waals surface area contributed by atoms with Gasteiger partial charge in [0, 0.05) is 12.0 Å². The molecule has 0 spiro atoms. The topological polar surface area (TPSA) is 65.2 Å². The normalized spacial score (nSPS) is 10.3. The summed E-state index contributed by atoms with van der Waals surface area (Å²) in [5.74, 6) is 0.808. The maximum absolute atomic E-state index is 11.4. The molecule has 94 valence electrons. The van der Waals surface area contributed by atoms with Gasteiger partial charge in [0.1, 0.15) is 23.7 Å². The van der Waals surface area contributed by atoms with Gasteiger partial charge in [-0.15, -0.1) is 0 Å². The third-order valence-corrected chi connectivity index (χ3v) is 2.62. The molecule has 0 unspecified atom stereocenters. The first-order valence-electron chi connectivity index (χ1n) is 5.74. The molecule has 0 atom stereocenters. The summed E-state index contributed by atoms with van der Waals surface area (Å²) in [6.45, 7) is 3.95. The summed E-state index contributed by atoms with van der Waals surface area (Å²) < 4.78 is 10.1. The molecule has 0 fully saturated rings. The first kappa shape index (κ1) is 12.3. The number of ether oxygens (including phenoxy) is 1. The second-order valence-corrected chi connectivity index (χ2v) is 3.89. The predicted molar refractivity (Wildman–Crippen MR) is 64.4 cm³/mol. The average molecular weight is 246 g/mol. The molecular formula is C13H14N2O3. The minimum atomic E-state index is 0.123. The van der Waals surface area contributed by atoms with Crippen molar-refractivity contribution in [3.8, 4) is 5.75 Å². The Morgan fingerprint density at radius 3 is 2.56 bits per heavy atom. The lowest BCUT2D eigenvalue weighted by atomic mass is 10.1. The number of aromatic nitrogens is 2. The van der Waals surface area contributed by atoms with E-state index in [2.05, 4.69) is 14.9 Å². The van der Waals surface area contributed by atoms with E-state index in [1.807, 2.05) is 6.92 Å². The summed E-state index contributed by atoms with van der Waals surface area (Å²) in [5.41, 5.74) is 2.08. The number of aryl methyl sites for hydroxylation is 1. The Morgan fingerprint density at radius 1 is 1.28 bits per heavy atom. The van der Waals surface area contributed by atoms with Crippen molar-refractivity contribution in [1.29, 1.82) is 0 Å². The van der Waals surface area contributed by atoms with Gasteiger partial charge in [0.05, 0.1) is 0 Å². The van der Waals surface area contributed by atoms with Crippen molar-refractivity contribution in [1.82, 2.24) is 10.3 Å². The van der Waals surface area contributed by atoms with Gasteiger partial charge in [-0.05, 0) is 31.2 Å². The largest absolute Gasteiger partial charge is 0.487 e. The Morgan fingerprint density at radius 2 is 2.00 bits per heavy atom. The maximum atomic E-state index is 11.4. The lowest BCUT2D eigenvalue weighted by Gasteiger charge is -2.04. The zero-order valence-electron chi connectivity index (χ0n) is 10.3. The molecule has 2 aromatic rings. The second kappa shape index (κ2) is 5.44. The van der Waals surface area contributed by atoms with Gasteiger partial charge in [-0.25, -0.2) is 4.63 Å². The van der Waals surface area contributed by atoms with Crippen LogP contribution < -0.4 is 4.74 Å². The molecule has 0 bridgehead atoms. The fraction of sp³-hybridized carbons (Fsp3) is 0.308. The third kappa shape index (κ3) is 2.74. The first-order valence-corrected chi connectivity index (χ1v) is 5.74. The van der Waals surface area contributed by atoms with Gasteiger partial charge >= 0.3 is 0 Å². The van der Waals surface area contributed by atoms with Crippen LogP contribution in [0.1, 0.15) is 35.1 Å². The van der Waals surface area contributed by atoms with E-state index in [1.165, 1.54) is 0 Å². The number of carbonyl (C=O) groups excluding carboxylic acids is 1. The Labute approximate surface area is 105 Å². The van der Waals surface area contributed by atoms with Crippen LogP contribution in [0.5, 0.6) is 5.75 Å². The number of hydrogen-bond donors (Lipinski definition) is 0. The molecule has 0 saturated heterocycles. The minimum Gasteiger partial charge on any atom is -0.487 e. The fourth-order valence-electron chi connectivity index (χ4n) is 1.47. The number of carbonyl (C=O) groups is 1. The highest BCUT2D eigenvalue weighted by atomic mass is 16.6. The Bertz CT molecular complexity index is 531. The SMILES string of the molecule is CCC(=O)c1ccc(OCc2nonc2C)cc1. The Hall–Kier alpha value is -2.17. The van der Waals surface area contributed by atoms with Crippen molar-refractivity contribution in [2.24, 2.45) is 0 Å². The standard InChI is InChI=1S/C13H14N2O3/c1-3-13(16)10-4-6-11(7-5-10)17-8-12-9(2)14-18-15-12/h4-7H,3,8H2,1-2H3. The summed E-state index contributed by atoms with van der Waals surface area (Å²) in [7, 11) is 0. The van der Waals surface area contributed by atoms with Crippen LogP contribution in [0.2, 0.25) is 0 Å². The number of Topliss-reactive ketones (excluding diaryl/α,β-unsaturated/α-hetero) is 1.